The van der Waals surface area contributed by atoms with Crippen LogP contribution < -0.4 is 10.5 Å². The fourth-order valence-electron chi connectivity index (χ4n) is 1.44. The van der Waals surface area contributed by atoms with Crippen LogP contribution in [-0.2, 0) is 10.0 Å². The van der Waals surface area contributed by atoms with Crippen LogP contribution in [0, 0.1) is 6.92 Å². The molecule has 1 heterocycles. The highest BCUT2D eigenvalue weighted by atomic mass is 79.9. The maximum atomic E-state index is 12.0. The van der Waals surface area contributed by atoms with Gasteiger partial charge >= 0.3 is 0 Å². The van der Waals surface area contributed by atoms with E-state index in [0.29, 0.717) is 16.3 Å². The monoisotopic (exact) mass is 376 g/mol. The smallest absolute Gasteiger partial charge is 0.269 e. The molecule has 1 amide bonds. The fraction of sp³-hybridized carbons (Fsp3) is 0.100. The summed E-state index contributed by atoms with van der Waals surface area (Å²) in [4.78, 5) is 12.3. The largest absolute Gasteiger partial charge is 0.321 e. The first kappa shape index (κ1) is 15.0. The van der Waals surface area contributed by atoms with Gasteiger partial charge in [-0.2, -0.15) is 0 Å². The summed E-state index contributed by atoms with van der Waals surface area (Å²) >= 11 is 4.09. The standard InChI is InChI=1S/C10H9BrN4O3S2/c1-5-9(19-15-14-5)10(16)13-6-2-3-8(7(11)4-6)20(12,17)18/h2-4H,1H3,(H,13,16)(H2,12,17,18). The summed E-state index contributed by atoms with van der Waals surface area (Å²) in [5, 5.41) is 11.4. The number of sulfonamides is 1. The molecule has 0 saturated heterocycles. The lowest BCUT2D eigenvalue weighted by molar-refractivity contribution is 0.103. The van der Waals surface area contributed by atoms with Gasteiger partial charge in [-0.25, -0.2) is 13.6 Å². The molecule has 20 heavy (non-hydrogen) atoms. The second-order valence-electron chi connectivity index (χ2n) is 3.83. The van der Waals surface area contributed by atoms with Gasteiger partial charge in [0.1, 0.15) is 4.88 Å². The molecule has 0 bridgehead atoms. The van der Waals surface area contributed by atoms with E-state index < -0.39 is 10.0 Å². The molecule has 0 atom stereocenters. The molecule has 7 nitrogen and oxygen atoms in total. The number of aromatic nitrogens is 2. The molecule has 106 valence electrons. The van der Waals surface area contributed by atoms with Crippen molar-refractivity contribution in [1.29, 1.82) is 0 Å². The molecule has 0 aliphatic carbocycles. The Kier molecular flexibility index (Phi) is 4.18. The van der Waals surface area contributed by atoms with Crippen molar-refractivity contribution in [2.75, 3.05) is 5.32 Å². The molecular weight excluding hydrogens is 368 g/mol. The summed E-state index contributed by atoms with van der Waals surface area (Å²) in [7, 11) is -3.81. The molecule has 3 N–H and O–H groups in total. The summed E-state index contributed by atoms with van der Waals surface area (Å²) in [6, 6.07) is 4.22. The SMILES string of the molecule is Cc1nnsc1C(=O)Nc1ccc(S(N)(=O)=O)c(Br)c1. The van der Waals surface area contributed by atoms with Crippen molar-refractivity contribution < 1.29 is 13.2 Å². The highest BCUT2D eigenvalue weighted by Gasteiger charge is 2.16. The number of hydrogen-bond donors (Lipinski definition) is 2. The molecule has 0 fully saturated rings. The molecule has 2 aromatic rings. The van der Waals surface area contributed by atoms with E-state index in [1.165, 1.54) is 18.2 Å². The lowest BCUT2D eigenvalue weighted by atomic mass is 10.3. The van der Waals surface area contributed by atoms with Crippen LogP contribution in [0.4, 0.5) is 5.69 Å². The van der Waals surface area contributed by atoms with Gasteiger partial charge in [-0.1, -0.05) is 4.49 Å². The summed E-state index contributed by atoms with van der Waals surface area (Å²) in [6.45, 7) is 1.68. The minimum absolute atomic E-state index is 0.0499. The molecular formula is C10H9BrN4O3S2. The first-order valence-electron chi connectivity index (χ1n) is 5.21. The third kappa shape index (κ3) is 3.20. The number of aryl methyl sites for hydroxylation is 1. The zero-order valence-electron chi connectivity index (χ0n) is 10.1. The van der Waals surface area contributed by atoms with Gasteiger partial charge in [0, 0.05) is 10.2 Å². The number of anilines is 1. The Balaban J connectivity index is 2.26. The van der Waals surface area contributed by atoms with Gasteiger partial charge in [-0.05, 0) is 52.6 Å². The minimum atomic E-state index is -3.81. The second kappa shape index (κ2) is 5.56. The molecule has 0 unspecified atom stereocenters. The van der Waals surface area contributed by atoms with Gasteiger partial charge in [0.25, 0.3) is 5.91 Å². The van der Waals surface area contributed by atoms with E-state index in [4.69, 9.17) is 5.14 Å². The third-order valence-electron chi connectivity index (χ3n) is 2.35. The Bertz CT molecular complexity index is 773. The minimum Gasteiger partial charge on any atom is -0.321 e. The molecule has 10 heteroatoms. The van der Waals surface area contributed by atoms with Crippen molar-refractivity contribution in [3.8, 4) is 0 Å². The van der Waals surface area contributed by atoms with Gasteiger partial charge in [0.15, 0.2) is 0 Å². The lowest BCUT2D eigenvalue weighted by Crippen LogP contribution is -2.14. The normalized spacial score (nSPS) is 11.3. The predicted molar refractivity (Wildman–Crippen MR) is 78.1 cm³/mol. The Hall–Kier alpha value is -1.36. The molecule has 0 aliphatic heterocycles. The van der Waals surface area contributed by atoms with E-state index in [2.05, 4.69) is 30.8 Å². The number of benzene rings is 1. The fourth-order valence-corrected chi connectivity index (χ4v) is 3.63. The van der Waals surface area contributed by atoms with Crippen LogP contribution in [-0.4, -0.2) is 23.9 Å². The van der Waals surface area contributed by atoms with Gasteiger partial charge in [-0.3, -0.25) is 4.79 Å². The number of nitrogens with one attached hydrogen (secondary N) is 1. The van der Waals surface area contributed by atoms with E-state index in [1.54, 1.807) is 6.92 Å². The van der Waals surface area contributed by atoms with E-state index in [0.717, 1.165) is 11.5 Å². The Morgan fingerprint density at radius 1 is 1.45 bits per heavy atom. The lowest BCUT2D eigenvalue weighted by Gasteiger charge is -2.07. The van der Waals surface area contributed by atoms with Gasteiger partial charge in [0.05, 0.1) is 10.6 Å². The molecule has 2 rings (SSSR count). The van der Waals surface area contributed by atoms with E-state index >= 15 is 0 Å². The Labute approximate surface area is 127 Å². The summed E-state index contributed by atoms with van der Waals surface area (Å²) in [5.74, 6) is -0.354. The number of rotatable bonds is 3. The third-order valence-corrected chi connectivity index (χ3v) is 5.07. The van der Waals surface area contributed by atoms with Gasteiger partial charge < -0.3 is 5.32 Å². The average Bonchev–Trinajstić information content (AvgIpc) is 2.73. The topological polar surface area (TPSA) is 115 Å². The van der Waals surface area contributed by atoms with Crippen LogP contribution in [0.15, 0.2) is 27.6 Å². The highest BCUT2D eigenvalue weighted by molar-refractivity contribution is 9.10. The zero-order chi connectivity index (χ0) is 14.9. The second-order valence-corrected chi connectivity index (χ2v) is 6.97. The number of hydrogen-bond acceptors (Lipinski definition) is 6. The van der Waals surface area contributed by atoms with Crippen molar-refractivity contribution in [3.05, 3.63) is 33.2 Å². The van der Waals surface area contributed by atoms with Crippen LogP contribution in [0.5, 0.6) is 0 Å². The quantitative estimate of drug-likeness (QED) is 0.841. The predicted octanol–water partition coefficient (Wildman–Crippen LogP) is 1.51. The van der Waals surface area contributed by atoms with E-state index in [-0.39, 0.29) is 15.3 Å². The van der Waals surface area contributed by atoms with E-state index in [9.17, 15) is 13.2 Å². The van der Waals surface area contributed by atoms with E-state index in [1.807, 2.05) is 0 Å². The molecule has 0 saturated carbocycles. The zero-order valence-corrected chi connectivity index (χ0v) is 13.3. The Morgan fingerprint density at radius 3 is 2.65 bits per heavy atom. The maximum Gasteiger partial charge on any atom is 0.269 e. The number of carbonyl (C=O) groups excluding carboxylic acids is 1. The molecule has 0 radical (unpaired) electrons. The summed E-state index contributed by atoms with van der Waals surface area (Å²) in [5.41, 5.74) is 0.967. The highest BCUT2D eigenvalue weighted by Crippen LogP contribution is 2.25. The number of carbonyl (C=O) groups is 1. The van der Waals surface area contributed by atoms with Crippen molar-refractivity contribution in [2.45, 2.75) is 11.8 Å². The molecule has 1 aromatic carbocycles. The number of nitrogens with two attached hydrogens (primary N) is 1. The van der Waals surface area contributed by atoms with Gasteiger partial charge in [-0.15, -0.1) is 5.10 Å². The van der Waals surface area contributed by atoms with Gasteiger partial charge in [0.2, 0.25) is 10.0 Å². The first-order chi connectivity index (χ1) is 9.29. The Morgan fingerprint density at radius 2 is 2.15 bits per heavy atom. The van der Waals surface area contributed by atoms with Crippen molar-refractivity contribution in [3.63, 3.8) is 0 Å². The van der Waals surface area contributed by atoms with Crippen LogP contribution in [0.2, 0.25) is 0 Å². The molecule has 0 spiro atoms. The van der Waals surface area contributed by atoms with Crippen LogP contribution in [0.3, 0.4) is 0 Å². The first-order valence-corrected chi connectivity index (χ1v) is 8.33. The number of nitrogens with zero attached hydrogens (tertiary/aromatic N) is 2. The van der Waals surface area contributed by atoms with Crippen LogP contribution >= 0.6 is 27.5 Å². The average molecular weight is 377 g/mol. The molecule has 1 aromatic heterocycles. The van der Waals surface area contributed by atoms with Crippen LogP contribution in [0.25, 0.3) is 0 Å². The number of halogens is 1. The maximum absolute atomic E-state index is 12.0. The number of amides is 1. The summed E-state index contributed by atoms with van der Waals surface area (Å²) < 4.78 is 26.5. The number of primary sulfonamides is 1. The van der Waals surface area contributed by atoms with Crippen LogP contribution in [0.1, 0.15) is 15.4 Å². The molecule has 0 aliphatic rings. The van der Waals surface area contributed by atoms with Crippen molar-refractivity contribution in [2.24, 2.45) is 5.14 Å². The van der Waals surface area contributed by atoms with Crippen molar-refractivity contribution in [1.82, 2.24) is 9.59 Å². The summed E-state index contributed by atoms with van der Waals surface area (Å²) in [6.07, 6.45) is 0. The van der Waals surface area contributed by atoms with Crippen molar-refractivity contribution >= 4 is 49.1 Å².